The van der Waals surface area contributed by atoms with Crippen molar-refractivity contribution in [3.05, 3.63) is 69.9 Å². The minimum absolute atomic E-state index is 0.0277. The average Bonchev–Trinajstić information content (AvgIpc) is 3.08. The van der Waals surface area contributed by atoms with Gasteiger partial charge in [-0.15, -0.1) is 11.3 Å². The summed E-state index contributed by atoms with van der Waals surface area (Å²) in [7, 11) is 0. The molecule has 0 spiro atoms. The molecule has 1 amide bonds. The van der Waals surface area contributed by atoms with Crippen LogP contribution in [0.25, 0.3) is 0 Å². The van der Waals surface area contributed by atoms with Gasteiger partial charge >= 0.3 is 5.97 Å². The van der Waals surface area contributed by atoms with Gasteiger partial charge in [0.25, 0.3) is 0 Å². The van der Waals surface area contributed by atoms with Crippen molar-refractivity contribution in [2.24, 2.45) is 0 Å². The first kappa shape index (κ1) is 19.0. The summed E-state index contributed by atoms with van der Waals surface area (Å²) in [6.45, 7) is 3.41. The van der Waals surface area contributed by atoms with Gasteiger partial charge in [0.05, 0.1) is 16.9 Å². The molecule has 8 heteroatoms. The number of anilines is 2. The van der Waals surface area contributed by atoms with Gasteiger partial charge in [0.15, 0.2) is 5.13 Å². The lowest BCUT2D eigenvalue weighted by molar-refractivity contribution is -0.115. The van der Waals surface area contributed by atoms with Gasteiger partial charge in [-0.2, -0.15) is 0 Å². The number of amides is 1. The number of hydrogen-bond acceptors (Lipinski definition) is 6. The van der Waals surface area contributed by atoms with Crippen LogP contribution in [0.5, 0.6) is 0 Å². The highest BCUT2D eigenvalue weighted by Crippen LogP contribution is 2.29. The fraction of sp³-hybridized carbons (Fsp3) is 0.158. The first-order chi connectivity index (χ1) is 13.0. The molecule has 27 heavy (non-hydrogen) atoms. The van der Waals surface area contributed by atoms with Crippen LogP contribution in [0.15, 0.2) is 48.0 Å². The Morgan fingerprint density at radius 1 is 1.26 bits per heavy atom. The summed E-state index contributed by atoms with van der Waals surface area (Å²) < 4.78 is 5.25. The maximum absolute atomic E-state index is 12.1. The highest BCUT2D eigenvalue weighted by molar-refractivity contribution is 7.14. The number of halogens is 1. The number of hydrogen-bond donors (Lipinski definition) is 0. The van der Waals surface area contributed by atoms with Crippen LogP contribution in [0.2, 0.25) is 5.15 Å². The first-order valence-corrected chi connectivity index (χ1v) is 9.31. The van der Waals surface area contributed by atoms with Crippen molar-refractivity contribution < 1.29 is 14.3 Å². The van der Waals surface area contributed by atoms with Gasteiger partial charge in [-0.05, 0) is 36.8 Å². The number of rotatable bonds is 5. The monoisotopic (exact) mass is 401 g/mol. The van der Waals surface area contributed by atoms with Gasteiger partial charge in [-0.1, -0.05) is 23.7 Å². The van der Waals surface area contributed by atoms with E-state index in [1.54, 1.807) is 17.5 Å². The smallest absolute Gasteiger partial charge is 0.341 e. The van der Waals surface area contributed by atoms with Gasteiger partial charge < -0.3 is 4.74 Å². The maximum Gasteiger partial charge on any atom is 0.341 e. The summed E-state index contributed by atoms with van der Waals surface area (Å²) >= 11 is 7.19. The highest BCUT2D eigenvalue weighted by Gasteiger charge is 2.19. The second-order valence-electron chi connectivity index (χ2n) is 5.73. The number of pyridine rings is 1. The summed E-state index contributed by atoms with van der Waals surface area (Å²) in [5.74, 6) is -0.731. The molecule has 3 rings (SSSR count). The molecule has 0 fully saturated rings. The molecule has 0 aliphatic heterocycles. The predicted octanol–water partition coefficient (Wildman–Crippen LogP) is 4.54. The van der Waals surface area contributed by atoms with E-state index in [4.69, 9.17) is 16.3 Å². The van der Waals surface area contributed by atoms with Crippen LogP contribution < -0.4 is 4.90 Å². The summed E-state index contributed by atoms with van der Waals surface area (Å²) in [5, 5.41) is 2.35. The van der Waals surface area contributed by atoms with E-state index >= 15 is 0 Å². The molecule has 0 saturated carbocycles. The topological polar surface area (TPSA) is 72.4 Å². The summed E-state index contributed by atoms with van der Waals surface area (Å²) in [5.41, 5.74) is 2.52. The Kier molecular flexibility index (Phi) is 5.83. The largest absolute Gasteiger partial charge is 0.455 e. The fourth-order valence-corrected chi connectivity index (χ4v) is 3.48. The van der Waals surface area contributed by atoms with E-state index < -0.39 is 5.97 Å². The zero-order valence-electron chi connectivity index (χ0n) is 14.7. The molecule has 0 radical (unpaired) electrons. The second kappa shape index (κ2) is 8.28. The molecule has 2 aromatic heterocycles. The lowest BCUT2D eigenvalue weighted by atomic mass is 10.2. The minimum atomic E-state index is -0.579. The Morgan fingerprint density at radius 3 is 2.78 bits per heavy atom. The van der Waals surface area contributed by atoms with Crippen molar-refractivity contribution in [2.45, 2.75) is 20.5 Å². The van der Waals surface area contributed by atoms with Crippen LogP contribution in [0.3, 0.4) is 0 Å². The van der Waals surface area contributed by atoms with E-state index in [2.05, 4.69) is 9.97 Å². The Bertz CT molecular complexity index is 990. The van der Waals surface area contributed by atoms with Crippen LogP contribution in [0.4, 0.5) is 10.8 Å². The molecular weight excluding hydrogens is 386 g/mol. The zero-order chi connectivity index (χ0) is 19.4. The van der Waals surface area contributed by atoms with Crippen molar-refractivity contribution in [3.8, 4) is 0 Å². The summed E-state index contributed by atoms with van der Waals surface area (Å²) in [4.78, 5) is 34.1. The van der Waals surface area contributed by atoms with Gasteiger partial charge in [0, 0.05) is 18.5 Å². The molecule has 138 valence electrons. The van der Waals surface area contributed by atoms with E-state index in [9.17, 15) is 9.59 Å². The van der Waals surface area contributed by atoms with Crippen LogP contribution in [0, 0.1) is 6.92 Å². The van der Waals surface area contributed by atoms with Crippen molar-refractivity contribution in [1.29, 1.82) is 0 Å². The number of esters is 1. The molecule has 3 aromatic rings. The third-order valence-corrected chi connectivity index (χ3v) is 4.81. The number of aromatic nitrogens is 2. The molecule has 0 N–H and O–H groups in total. The van der Waals surface area contributed by atoms with E-state index in [0.29, 0.717) is 10.8 Å². The van der Waals surface area contributed by atoms with E-state index in [-0.39, 0.29) is 23.2 Å². The molecule has 0 aliphatic rings. The third kappa shape index (κ3) is 4.50. The molecule has 0 saturated heterocycles. The average molecular weight is 402 g/mol. The normalized spacial score (nSPS) is 10.5. The number of aryl methyl sites for hydroxylation is 1. The van der Waals surface area contributed by atoms with Crippen molar-refractivity contribution in [2.75, 3.05) is 4.90 Å². The van der Waals surface area contributed by atoms with Gasteiger partial charge in [-0.25, -0.2) is 14.8 Å². The van der Waals surface area contributed by atoms with Crippen LogP contribution >= 0.6 is 22.9 Å². The second-order valence-corrected chi connectivity index (χ2v) is 6.93. The summed E-state index contributed by atoms with van der Waals surface area (Å²) in [6.07, 6.45) is 1.49. The molecule has 0 bridgehead atoms. The van der Waals surface area contributed by atoms with Crippen molar-refractivity contribution in [3.63, 3.8) is 0 Å². The Hall–Kier alpha value is -2.77. The minimum Gasteiger partial charge on any atom is -0.455 e. The molecular formula is C19H16ClN3O3S. The predicted molar refractivity (Wildman–Crippen MR) is 104 cm³/mol. The third-order valence-electron chi connectivity index (χ3n) is 3.64. The molecule has 2 heterocycles. The quantitative estimate of drug-likeness (QED) is 0.463. The number of thiazole rings is 1. The van der Waals surface area contributed by atoms with Crippen LogP contribution in [0.1, 0.15) is 28.5 Å². The van der Waals surface area contributed by atoms with E-state index in [0.717, 1.165) is 11.3 Å². The number of benzene rings is 1. The lowest BCUT2D eigenvalue weighted by Gasteiger charge is -2.18. The molecule has 1 aromatic carbocycles. The number of carbonyl (C=O) groups excluding carboxylic acids is 2. The van der Waals surface area contributed by atoms with Crippen molar-refractivity contribution in [1.82, 2.24) is 9.97 Å². The van der Waals surface area contributed by atoms with Crippen molar-refractivity contribution >= 4 is 45.6 Å². The standard InChI is InChI=1S/C19H16ClN3O3S/c1-12-5-3-6-15(9-12)23(13(2)24)19-22-14(11-27-19)10-26-18(25)16-7-4-8-21-17(16)20/h3-9,11H,10H2,1-2H3. The molecule has 6 nitrogen and oxygen atoms in total. The maximum atomic E-state index is 12.1. The Balaban J connectivity index is 1.74. The van der Waals surface area contributed by atoms with Gasteiger partial charge in [0.1, 0.15) is 11.8 Å². The summed E-state index contributed by atoms with van der Waals surface area (Å²) in [6, 6.07) is 10.7. The fourth-order valence-electron chi connectivity index (χ4n) is 2.41. The van der Waals surface area contributed by atoms with Crippen LogP contribution in [-0.2, 0) is 16.1 Å². The van der Waals surface area contributed by atoms with E-state index in [1.807, 2.05) is 31.2 Å². The zero-order valence-corrected chi connectivity index (χ0v) is 16.3. The number of ether oxygens (including phenoxy) is 1. The number of carbonyl (C=O) groups is 2. The highest BCUT2D eigenvalue weighted by atomic mass is 35.5. The molecule has 0 aliphatic carbocycles. The molecule has 0 unspecified atom stereocenters. The van der Waals surface area contributed by atoms with Gasteiger partial charge in [0.2, 0.25) is 5.91 Å². The molecule has 0 atom stereocenters. The lowest BCUT2D eigenvalue weighted by Crippen LogP contribution is -2.22. The van der Waals surface area contributed by atoms with Gasteiger partial charge in [-0.3, -0.25) is 9.69 Å². The number of nitrogens with zero attached hydrogens (tertiary/aromatic N) is 3. The Labute approximate surface area is 165 Å². The SMILES string of the molecule is CC(=O)N(c1cccc(C)c1)c1nc(COC(=O)c2cccnc2Cl)cs1. The van der Waals surface area contributed by atoms with Crippen LogP contribution in [-0.4, -0.2) is 21.8 Å². The Morgan fingerprint density at radius 2 is 2.07 bits per heavy atom. The first-order valence-electron chi connectivity index (χ1n) is 8.05. The van der Waals surface area contributed by atoms with E-state index in [1.165, 1.54) is 29.4 Å².